The minimum absolute atomic E-state index is 0.107. The van der Waals surface area contributed by atoms with Gasteiger partial charge in [0.15, 0.2) is 0 Å². The number of thioether (sulfide) groups is 1. The zero-order valence-corrected chi connectivity index (χ0v) is 20.6. The second-order valence-electron chi connectivity index (χ2n) is 10.0. The Labute approximate surface area is 197 Å². The van der Waals surface area contributed by atoms with E-state index in [9.17, 15) is 4.79 Å². The van der Waals surface area contributed by atoms with Crippen molar-refractivity contribution >= 4 is 23.4 Å². The third-order valence-corrected chi connectivity index (χ3v) is 7.69. The van der Waals surface area contributed by atoms with Crippen LogP contribution in [0.3, 0.4) is 0 Å². The summed E-state index contributed by atoms with van der Waals surface area (Å²) in [4.78, 5) is 17.5. The van der Waals surface area contributed by atoms with Crippen molar-refractivity contribution in [1.29, 1.82) is 0 Å². The third kappa shape index (κ3) is 5.68. The van der Waals surface area contributed by atoms with Gasteiger partial charge in [-0.05, 0) is 59.1 Å². The van der Waals surface area contributed by atoms with Crippen LogP contribution in [0.1, 0.15) is 55.1 Å². The highest BCUT2D eigenvalue weighted by molar-refractivity contribution is 7.99. The topological polar surface area (TPSA) is 35.6 Å². The molecular weight excluding hydrogens is 414 g/mol. The number of carbonyl (C=O) groups is 1. The number of amides is 1. The molecule has 172 valence electrons. The molecule has 0 atom stereocenters. The largest absolute Gasteiger partial charge is 0.368 e. The van der Waals surface area contributed by atoms with E-state index in [0.29, 0.717) is 6.04 Å². The molecule has 0 unspecified atom stereocenters. The van der Waals surface area contributed by atoms with Crippen molar-refractivity contribution in [2.24, 2.45) is 0 Å². The highest BCUT2D eigenvalue weighted by atomic mass is 32.2. The van der Waals surface area contributed by atoms with E-state index in [0.717, 1.165) is 38.3 Å². The number of anilines is 1. The molecule has 2 aliphatic rings. The third-order valence-electron chi connectivity index (χ3n) is 6.64. The molecular formula is C27H37N3OS. The van der Waals surface area contributed by atoms with Crippen LogP contribution in [0.25, 0.3) is 0 Å². The number of piperazine rings is 1. The molecule has 0 spiro atoms. The van der Waals surface area contributed by atoms with Gasteiger partial charge in [-0.15, -0.1) is 0 Å². The van der Waals surface area contributed by atoms with E-state index in [2.05, 4.69) is 79.1 Å². The van der Waals surface area contributed by atoms with Crippen molar-refractivity contribution < 1.29 is 4.79 Å². The Kier molecular flexibility index (Phi) is 7.47. The van der Waals surface area contributed by atoms with Crippen LogP contribution in [0, 0.1) is 0 Å². The van der Waals surface area contributed by atoms with Crippen LogP contribution in [0.2, 0.25) is 0 Å². The highest BCUT2D eigenvalue weighted by Gasteiger charge is 2.26. The fourth-order valence-corrected chi connectivity index (χ4v) is 5.75. The van der Waals surface area contributed by atoms with Crippen molar-refractivity contribution in [1.82, 2.24) is 10.2 Å². The van der Waals surface area contributed by atoms with Gasteiger partial charge in [-0.3, -0.25) is 4.79 Å². The molecule has 4 nitrogen and oxygen atoms in total. The molecule has 4 rings (SSSR count). The Morgan fingerprint density at radius 1 is 0.969 bits per heavy atom. The molecule has 2 saturated heterocycles. The van der Waals surface area contributed by atoms with Crippen molar-refractivity contribution in [2.75, 3.05) is 42.6 Å². The summed E-state index contributed by atoms with van der Waals surface area (Å²) in [6, 6.07) is 17.5. The molecule has 0 radical (unpaired) electrons. The summed E-state index contributed by atoms with van der Waals surface area (Å²) in [6.07, 6.45) is 2.51. The van der Waals surface area contributed by atoms with E-state index in [1.54, 1.807) is 0 Å². The zero-order chi connectivity index (χ0) is 22.6. The van der Waals surface area contributed by atoms with Crippen molar-refractivity contribution in [3.05, 3.63) is 65.2 Å². The van der Waals surface area contributed by atoms with Crippen molar-refractivity contribution in [3.8, 4) is 0 Å². The quantitative estimate of drug-likeness (QED) is 0.699. The van der Waals surface area contributed by atoms with Crippen LogP contribution in [-0.4, -0.2) is 54.5 Å². The fourth-order valence-electron chi connectivity index (χ4n) is 4.65. The van der Waals surface area contributed by atoms with Crippen LogP contribution in [0.5, 0.6) is 0 Å². The van der Waals surface area contributed by atoms with E-state index in [1.807, 2.05) is 17.0 Å². The monoisotopic (exact) mass is 451 g/mol. The van der Waals surface area contributed by atoms with Crippen LogP contribution in [-0.2, 0) is 12.0 Å². The first-order valence-electron chi connectivity index (χ1n) is 12.0. The standard InChI is InChI=1S/C27H37N3OS/c1-27(2,3)24-6-4-5-7-25(24)29-14-16-30(17-15-29)26(31)22-10-8-21(9-11-22)20-28-23-12-18-32-19-13-23/h4-11,23,28H,12-20H2,1-3H3. The molecule has 0 aromatic heterocycles. The number of carbonyl (C=O) groups excluding carboxylic acids is 1. The minimum Gasteiger partial charge on any atom is -0.368 e. The predicted octanol–water partition coefficient (Wildman–Crippen LogP) is 4.93. The van der Waals surface area contributed by atoms with E-state index < -0.39 is 0 Å². The second-order valence-corrected chi connectivity index (χ2v) is 11.2. The van der Waals surface area contributed by atoms with Gasteiger partial charge in [0, 0.05) is 50.0 Å². The lowest BCUT2D eigenvalue weighted by Gasteiger charge is -2.38. The van der Waals surface area contributed by atoms with Gasteiger partial charge in [-0.25, -0.2) is 0 Å². The molecule has 1 N–H and O–H groups in total. The second kappa shape index (κ2) is 10.3. The van der Waals surface area contributed by atoms with Gasteiger partial charge in [0.2, 0.25) is 0 Å². The molecule has 0 aliphatic carbocycles. The SMILES string of the molecule is CC(C)(C)c1ccccc1N1CCN(C(=O)c2ccc(CNC3CCSCC3)cc2)CC1. The zero-order valence-electron chi connectivity index (χ0n) is 19.8. The molecule has 2 heterocycles. The Morgan fingerprint density at radius 3 is 2.28 bits per heavy atom. The average molecular weight is 452 g/mol. The lowest BCUT2D eigenvalue weighted by Crippen LogP contribution is -2.49. The molecule has 2 aliphatic heterocycles. The van der Waals surface area contributed by atoms with Crippen molar-refractivity contribution in [2.45, 2.75) is 51.6 Å². The number of para-hydroxylation sites is 1. The molecule has 2 aromatic carbocycles. The molecule has 2 fully saturated rings. The van der Waals surface area contributed by atoms with Gasteiger partial charge in [-0.1, -0.05) is 51.1 Å². The van der Waals surface area contributed by atoms with Crippen LogP contribution in [0.15, 0.2) is 48.5 Å². The lowest BCUT2D eigenvalue weighted by atomic mass is 9.85. The highest BCUT2D eigenvalue weighted by Crippen LogP contribution is 2.32. The van der Waals surface area contributed by atoms with Gasteiger partial charge in [0.05, 0.1) is 0 Å². The van der Waals surface area contributed by atoms with E-state index in [-0.39, 0.29) is 11.3 Å². The maximum absolute atomic E-state index is 13.1. The van der Waals surface area contributed by atoms with E-state index in [1.165, 1.54) is 41.2 Å². The Morgan fingerprint density at radius 2 is 1.62 bits per heavy atom. The number of nitrogens with zero attached hydrogens (tertiary/aromatic N) is 2. The van der Waals surface area contributed by atoms with Gasteiger partial charge >= 0.3 is 0 Å². The summed E-state index contributed by atoms with van der Waals surface area (Å²) in [6.45, 7) is 11.0. The summed E-state index contributed by atoms with van der Waals surface area (Å²) in [7, 11) is 0. The predicted molar refractivity (Wildman–Crippen MR) is 137 cm³/mol. The van der Waals surface area contributed by atoms with Crippen LogP contribution in [0.4, 0.5) is 5.69 Å². The fraction of sp³-hybridized carbons (Fsp3) is 0.519. The summed E-state index contributed by atoms with van der Waals surface area (Å²) >= 11 is 2.05. The molecule has 1 amide bonds. The summed E-state index contributed by atoms with van der Waals surface area (Å²) < 4.78 is 0. The van der Waals surface area contributed by atoms with Gasteiger partial charge in [0.25, 0.3) is 5.91 Å². The molecule has 5 heteroatoms. The number of hydrogen-bond donors (Lipinski definition) is 1. The van der Waals surface area contributed by atoms with Gasteiger partial charge < -0.3 is 15.1 Å². The Bertz CT molecular complexity index is 892. The first-order chi connectivity index (χ1) is 15.4. The van der Waals surface area contributed by atoms with Gasteiger partial charge in [0.1, 0.15) is 0 Å². The molecule has 0 saturated carbocycles. The lowest BCUT2D eigenvalue weighted by molar-refractivity contribution is 0.0746. The maximum atomic E-state index is 13.1. The number of benzene rings is 2. The number of nitrogens with one attached hydrogen (secondary N) is 1. The summed E-state index contributed by atoms with van der Waals surface area (Å²) in [5, 5.41) is 3.67. The smallest absolute Gasteiger partial charge is 0.253 e. The minimum atomic E-state index is 0.107. The first-order valence-corrected chi connectivity index (χ1v) is 13.1. The summed E-state index contributed by atoms with van der Waals surface area (Å²) in [5.74, 6) is 2.68. The Hall–Kier alpha value is -1.98. The molecule has 2 aromatic rings. The van der Waals surface area contributed by atoms with E-state index in [4.69, 9.17) is 0 Å². The molecule has 32 heavy (non-hydrogen) atoms. The van der Waals surface area contributed by atoms with Gasteiger partial charge in [-0.2, -0.15) is 11.8 Å². The first kappa shape index (κ1) is 23.2. The summed E-state index contributed by atoms with van der Waals surface area (Å²) in [5.41, 5.74) is 4.84. The average Bonchev–Trinajstić information content (AvgIpc) is 2.83. The number of hydrogen-bond acceptors (Lipinski definition) is 4. The number of rotatable bonds is 5. The molecule has 0 bridgehead atoms. The van der Waals surface area contributed by atoms with Crippen LogP contribution >= 0.6 is 11.8 Å². The van der Waals surface area contributed by atoms with E-state index >= 15 is 0 Å². The maximum Gasteiger partial charge on any atom is 0.253 e. The van der Waals surface area contributed by atoms with Crippen molar-refractivity contribution in [3.63, 3.8) is 0 Å². The normalized spacial score (nSPS) is 18.1. The van der Waals surface area contributed by atoms with Crippen LogP contribution < -0.4 is 10.2 Å². The Balaban J connectivity index is 1.32.